The van der Waals surface area contributed by atoms with E-state index in [2.05, 4.69) is 22.1 Å². The van der Waals surface area contributed by atoms with Crippen LogP contribution >= 0.6 is 0 Å². The van der Waals surface area contributed by atoms with E-state index in [1.54, 1.807) is 26.1 Å². The molecule has 0 aliphatic carbocycles. The number of pyridine rings is 1. The molecule has 6 nitrogen and oxygen atoms in total. The van der Waals surface area contributed by atoms with Crippen LogP contribution in [-0.4, -0.2) is 28.9 Å². The van der Waals surface area contributed by atoms with Gasteiger partial charge in [0.15, 0.2) is 0 Å². The Morgan fingerprint density at radius 2 is 2.10 bits per heavy atom. The SMILES string of the molecule is CC(C)(CC(N)=O)NC(=O)c1cncc(C#CCN)c1. The first-order valence-corrected chi connectivity index (χ1v) is 6.09. The number of rotatable bonds is 4. The van der Waals surface area contributed by atoms with Gasteiger partial charge in [-0.25, -0.2) is 0 Å². The molecule has 0 aliphatic heterocycles. The molecule has 0 fully saturated rings. The second-order valence-electron chi connectivity index (χ2n) is 4.95. The summed E-state index contributed by atoms with van der Waals surface area (Å²) >= 11 is 0. The van der Waals surface area contributed by atoms with Crippen LogP contribution in [0.5, 0.6) is 0 Å². The summed E-state index contributed by atoms with van der Waals surface area (Å²) in [6, 6.07) is 1.62. The van der Waals surface area contributed by atoms with E-state index in [9.17, 15) is 9.59 Å². The van der Waals surface area contributed by atoms with Gasteiger partial charge in [-0.1, -0.05) is 11.8 Å². The number of carbonyl (C=O) groups is 2. The van der Waals surface area contributed by atoms with Gasteiger partial charge >= 0.3 is 0 Å². The highest BCUT2D eigenvalue weighted by molar-refractivity contribution is 5.95. The summed E-state index contributed by atoms with van der Waals surface area (Å²) in [5.41, 5.74) is 10.7. The number of aromatic nitrogens is 1. The Hall–Kier alpha value is -2.39. The first-order valence-electron chi connectivity index (χ1n) is 6.09. The molecule has 20 heavy (non-hydrogen) atoms. The largest absolute Gasteiger partial charge is 0.370 e. The minimum Gasteiger partial charge on any atom is -0.370 e. The van der Waals surface area contributed by atoms with Crippen LogP contribution in [-0.2, 0) is 4.79 Å². The molecule has 1 aromatic heterocycles. The summed E-state index contributed by atoms with van der Waals surface area (Å²) in [5, 5.41) is 2.73. The van der Waals surface area contributed by atoms with Crippen molar-refractivity contribution >= 4 is 11.8 Å². The van der Waals surface area contributed by atoms with Gasteiger partial charge < -0.3 is 16.8 Å². The lowest BCUT2D eigenvalue weighted by atomic mass is 9.99. The third-order valence-electron chi connectivity index (χ3n) is 2.40. The van der Waals surface area contributed by atoms with Crippen LogP contribution in [0, 0.1) is 11.8 Å². The van der Waals surface area contributed by atoms with Gasteiger partial charge in [-0.2, -0.15) is 0 Å². The Kier molecular flexibility index (Phi) is 5.23. The average Bonchev–Trinajstić information content (AvgIpc) is 2.34. The molecule has 0 bridgehead atoms. The molecule has 1 heterocycles. The van der Waals surface area contributed by atoms with Gasteiger partial charge in [0.1, 0.15) is 0 Å². The minimum atomic E-state index is -0.720. The van der Waals surface area contributed by atoms with Crippen molar-refractivity contribution in [2.24, 2.45) is 11.5 Å². The van der Waals surface area contributed by atoms with Crippen molar-refractivity contribution in [3.8, 4) is 11.8 Å². The van der Waals surface area contributed by atoms with Gasteiger partial charge in [-0.3, -0.25) is 14.6 Å². The fourth-order valence-electron chi connectivity index (χ4n) is 1.64. The quantitative estimate of drug-likeness (QED) is 0.659. The Morgan fingerprint density at radius 1 is 1.40 bits per heavy atom. The predicted octanol–water partition coefficient (Wildman–Crippen LogP) is -0.224. The third-order valence-corrected chi connectivity index (χ3v) is 2.40. The summed E-state index contributed by atoms with van der Waals surface area (Å²) in [6.07, 6.45) is 3.04. The van der Waals surface area contributed by atoms with E-state index < -0.39 is 11.4 Å². The first-order chi connectivity index (χ1) is 9.34. The van der Waals surface area contributed by atoms with Crippen LogP contribution in [0.3, 0.4) is 0 Å². The molecule has 2 amide bonds. The summed E-state index contributed by atoms with van der Waals surface area (Å²) in [4.78, 5) is 27.0. The summed E-state index contributed by atoms with van der Waals surface area (Å²) < 4.78 is 0. The van der Waals surface area contributed by atoms with Crippen molar-refractivity contribution in [2.45, 2.75) is 25.8 Å². The minimum absolute atomic E-state index is 0.0544. The molecule has 1 rings (SSSR count). The molecule has 0 atom stereocenters. The molecule has 0 spiro atoms. The number of carbonyl (C=O) groups excluding carboxylic acids is 2. The molecule has 0 radical (unpaired) electrons. The van der Waals surface area contributed by atoms with Crippen molar-refractivity contribution in [1.29, 1.82) is 0 Å². The maximum atomic E-state index is 12.1. The zero-order valence-electron chi connectivity index (χ0n) is 11.6. The lowest BCUT2D eigenvalue weighted by Crippen LogP contribution is -2.46. The monoisotopic (exact) mass is 274 g/mol. The van der Waals surface area contributed by atoms with E-state index in [4.69, 9.17) is 11.5 Å². The molecule has 106 valence electrons. The molecule has 0 unspecified atom stereocenters. The molecule has 0 saturated carbocycles. The summed E-state index contributed by atoms with van der Waals surface area (Å²) in [5.74, 6) is 4.68. The second kappa shape index (κ2) is 6.68. The van der Waals surface area contributed by atoms with Crippen molar-refractivity contribution in [3.63, 3.8) is 0 Å². The van der Waals surface area contributed by atoms with Crippen molar-refractivity contribution < 1.29 is 9.59 Å². The van der Waals surface area contributed by atoms with Crippen LogP contribution < -0.4 is 16.8 Å². The van der Waals surface area contributed by atoms with Gasteiger partial charge in [-0.05, 0) is 19.9 Å². The Balaban J connectivity index is 2.85. The number of hydrogen-bond acceptors (Lipinski definition) is 4. The summed E-state index contributed by atoms with van der Waals surface area (Å²) in [6.45, 7) is 3.68. The summed E-state index contributed by atoms with van der Waals surface area (Å²) in [7, 11) is 0. The van der Waals surface area contributed by atoms with Crippen LogP contribution in [0.4, 0.5) is 0 Å². The van der Waals surface area contributed by atoms with Gasteiger partial charge in [-0.15, -0.1) is 0 Å². The van der Waals surface area contributed by atoms with E-state index in [0.29, 0.717) is 11.1 Å². The highest BCUT2D eigenvalue weighted by Crippen LogP contribution is 2.10. The lowest BCUT2D eigenvalue weighted by molar-refractivity contribution is -0.119. The van der Waals surface area contributed by atoms with Crippen LogP contribution in [0.25, 0.3) is 0 Å². The van der Waals surface area contributed by atoms with Gasteiger partial charge in [0.2, 0.25) is 5.91 Å². The zero-order chi connectivity index (χ0) is 15.2. The Morgan fingerprint density at radius 3 is 2.70 bits per heavy atom. The fourth-order valence-corrected chi connectivity index (χ4v) is 1.64. The second-order valence-corrected chi connectivity index (χ2v) is 4.95. The topological polar surface area (TPSA) is 111 Å². The molecule has 5 N–H and O–H groups in total. The normalized spacial score (nSPS) is 10.3. The number of nitrogens with one attached hydrogen (secondary N) is 1. The molecule has 0 aliphatic rings. The maximum absolute atomic E-state index is 12.1. The molecule has 0 saturated heterocycles. The average molecular weight is 274 g/mol. The van der Waals surface area contributed by atoms with Crippen molar-refractivity contribution in [3.05, 3.63) is 29.6 Å². The van der Waals surface area contributed by atoms with E-state index in [-0.39, 0.29) is 18.9 Å². The molecular formula is C14H18N4O2. The van der Waals surface area contributed by atoms with Gasteiger partial charge in [0.05, 0.1) is 12.1 Å². The lowest BCUT2D eigenvalue weighted by Gasteiger charge is -2.24. The molecule has 1 aromatic rings. The predicted molar refractivity (Wildman–Crippen MR) is 75.5 cm³/mol. The first kappa shape index (κ1) is 15.7. The molecule has 6 heteroatoms. The van der Waals surface area contributed by atoms with E-state index in [1.807, 2.05) is 0 Å². The van der Waals surface area contributed by atoms with Crippen LogP contribution in [0.15, 0.2) is 18.5 Å². The number of hydrogen-bond donors (Lipinski definition) is 3. The fraction of sp³-hybridized carbons (Fsp3) is 0.357. The zero-order valence-corrected chi connectivity index (χ0v) is 11.6. The highest BCUT2D eigenvalue weighted by Gasteiger charge is 2.23. The van der Waals surface area contributed by atoms with Crippen molar-refractivity contribution in [2.75, 3.05) is 6.54 Å². The van der Waals surface area contributed by atoms with Crippen molar-refractivity contribution in [1.82, 2.24) is 10.3 Å². The maximum Gasteiger partial charge on any atom is 0.253 e. The number of nitrogens with two attached hydrogens (primary N) is 2. The Labute approximate surface area is 117 Å². The van der Waals surface area contributed by atoms with Gasteiger partial charge in [0.25, 0.3) is 5.91 Å². The molecular weight excluding hydrogens is 256 g/mol. The van der Waals surface area contributed by atoms with Crippen LogP contribution in [0.2, 0.25) is 0 Å². The smallest absolute Gasteiger partial charge is 0.253 e. The van der Waals surface area contributed by atoms with E-state index >= 15 is 0 Å². The third kappa shape index (κ3) is 5.08. The standard InChI is InChI=1S/C14H18N4O2/c1-14(2,7-12(16)19)18-13(20)11-6-10(4-3-5-15)8-17-9-11/h6,8-9H,5,7,15H2,1-2H3,(H2,16,19)(H,18,20). The molecule has 0 aromatic carbocycles. The van der Waals surface area contributed by atoms with E-state index in [0.717, 1.165) is 0 Å². The van der Waals surface area contributed by atoms with Gasteiger partial charge in [0, 0.05) is 29.9 Å². The van der Waals surface area contributed by atoms with E-state index in [1.165, 1.54) is 6.20 Å². The highest BCUT2D eigenvalue weighted by atomic mass is 16.2. The number of primary amides is 1. The van der Waals surface area contributed by atoms with Crippen LogP contribution in [0.1, 0.15) is 36.2 Å². The number of amides is 2. The number of nitrogens with zero attached hydrogens (tertiary/aromatic N) is 1. The Bertz CT molecular complexity index is 570.